The van der Waals surface area contributed by atoms with E-state index in [-0.39, 0.29) is 23.6 Å². The number of hydrogen-bond acceptors (Lipinski definition) is 5. The van der Waals surface area contributed by atoms with Gasteiger partial charge in [-0.2, -0.15) is 0 Å². The Balaban J connectivity index is 1.53. The molecule has 166 valence electrons. The fraction of sp³-hybridized carbons (Fsp3) is 0.682. The maximum absolute atomic E-state index is 13.2. The van der Waals surface area contributed by atoms with Crippen molar-refractivity contribution in [3.63, 3.8) is 0 Å². The van der Waals surface area contributed by atoms with E-state index in [2.05, 4.69) is 30.9 Å². The minimum Gasteiger partial charge on any atom is -0.494 e. The summed E-state index contributed by atoms with van der Waals surface area (Å²) in [5, 5.41) is 0. The van der Waals surface area contributed by atoms with Crippen LogP contribution in [0.1, 0.15) is 20.8 Å². The van der Waals surface area contributed by atoms with E-state index in [0.29, 0.717) is 44.0 Å². The second kappa shape index (κ2) is 8.29. The summed E-state index contributed by atoms with van der Waals surface area (Å²) >= 11 is 0. The molecule has 4 aliphatic rings. The molecule has 5 rings (SSSR count). The van der Waals surface area contributed by atoms with Gasteiger partial charge in [0, 0.05) is 44.5 Å². The number of benzene rings is 1. The molecule has 7 nitrogen and oxygen atoms in total. The quantitative estimate of drug-likeness (QED) is 0.729. The number of fused-ring (bicyclic) bond motifs is 4. The molecular weight excluding hydrogens is 402 g/mol. The van der Waals surface area contributed by atoms with Gasteiger partial charge in [-0.15, -0.1) is 0 Å². The Morgan fingerprint density at radius 1 is 1.00 bits per heavy atom. The smallest absolute Gasteiger partial charge is 0.320 e. The van der Waals surface area contributed by atoms with E-state index < -0.39 is 9.84 Å². The average Bonchev–Trinajstić information content (AvgIpc) is 2.99. The highest BCUT2D eigenvalue weighted by Crippen LogP contribution is 2.40. The van der Waals surface area contributed by atoms with Crippen molar-refractivity contribution >= 4 is 21.6 Å². The number of hydrogen-bond donors (Lipinski definition) is 0. The topological polar surface area (TPSA) is 70.2 Å². The maximum atomic E-state index is 13.2. The van der Waals surface area contributed by atoms with E-state index in [1.165, 1.54) is 5.69 Å². The standard InChI is InChI=1S/C22H33N3O4S/c1-4-29-20-7-5-19(6-8-20)25-14-18-13-24(15-21(25)17(3)16(18)2)22(26)23-9-11-30(27,28)12-10-23/h5-8,16-18,21H,4,9-15H2,1-3H3/t16?,17?,18-,21-/m1/s1. The largest absolute Gasteiger partial charge is 0.494 e. The Hall–Kier alpha value is -1.96. The van der Waals surface area contributed by atoms with Gasteiger partial charge in [0.1, 0.15) is 5.75 Å². The van der Waals surface area contributed by atoms with Crippen LogP contribution in [0.2, 0.25) is 0 Å². The highest BCUT2D eigenvalue weighted by atomic mass is 32.2. The van der Waals surface area contributed by atoms with E-state index in [1.54, 1.807) is 4.90 Å². The Bertz CT molecular complexity index is 859. The average molecular weight is 436 g/mol. The number of rotatable bonds is 3. The van der Waals surface area contributed by atoms with E-state index in [1.807, 2.05) is 24.0 Å². The molecule has 0 spiro atoms. The second-order valence-corrected chi connectivity index (χ2v) is 11.3. The summed E-state index contributed by atoms with van der Waals surface area (Å²) in [4.78, 5) is 19.4. The summed E-state index contributed by atoms with van der Waals surface area (Å²) in [5.41, 5.74) is 1.17. The Kier molecular flexibility index (Phi) is 5.88. The van der Waals surface area contributed by atoms with Gasteiger partial charge in [0.15, 0.2) is 9.84 Å². The Morgan fingerprint density at radius 2 is 1.67 bits per heavy atom. The predicted molar refractivity (Wildman–Crippen MR) is 118 cm³/mol. The van der Waals surface area contributed by atoms with E-state index in [0.717, 1.165) is 18.8 Å². The van der Waals surface area contributed by atoms with Crippen LogP contribution in [0.3, 0.4) is 0 Å². The number of sulfone groups is 1. The summed E-state index contributed by atoms with van der Waals surface area (Å²) in [6.07, 6.45) is 0. The summed E-state index contributed by atoms with van der Waals surface area (Å²) in [5.74, 6) is 2.42. The first kappa shape index (κ1) is 21.3. The molecule has 1 aromatic carbocycles. The maximum Gasteiger partial charge on any atom is 0.320 e. The SMILES string of the molecule is CCOc1ccc(N2C[C@H]3CN(C(=O)N4CCS(=O)(=O)CC4)C[C@@H]2C(C)C3C)cc1. The molecule has 0 aromatic heterocycles. The van der Waals surface area contributed by atoms with Gasteiger partial charge in [-0.25, -0.2) is 13.2 Å². The molecule has 8 heteroatoms. The van der Waals surface area contributed by atoms with Crippen LogP contribution in [0, 0.1) is 17.8 Å². The normalized spacial score (nSPS) is 30.8. The fourth-order valence-corrected chi connectivity index (χ4v) is 6.35. The fourth-order valence-electron chi connectivity index (χ4n) is 5.15. The summed E-state index contributed by atoms with van der Waals surface area (Å²) < 4.78 is 29.1. The molecule has 30 heavy (non-hydrogen) atoms. The molecule has 4 aliphatic heterocycles. The second-order valence-electron chi connectivity index (χ2n) is 8.95. The van der Waals surface area contributed by atoms with Crippen molar-refractivity contribution in [2.75, 3.05) is 55.7 Å². The van der Waals surface area contributed by atoms with Gasteiger partial charge in [0.2, 0.25) is 0 Å². The van der Waals surface area contributed by atoms with Crippen molar-refractivity contribution in [1.29, 1.82) is 0 Å². The zero-order valence-corrected chi connectivity index (χ0v) is 19.0. The molecule has 0 N–H and O–H groups in total. The molecule has 4 heterocycles. The molecule has 4 atom stereocenters. The number of piperidine rings is 1. The lowest BCUT2D eigenvalue weighted by Gasteiger charge is -2.45. The highest BCUT2D eigenvalue weighted by Gasteiger charge is 2.45. The molecule has 2 unspecified atom stereocenters. The first-order valence-corrected chi connectivity index (χ1v) is 12.8. The van der Waals surface area contributed by atoms with Gasteiger partial charge in [0.05, 0.1) is 18.1 Å². The van der Waals surface area contributed by atoms with Crippen molar-refractivity contribution in [2.24, 2.45) is 17.8 Å². The number of carbonyl (C=O) groups is 1. The third-order valence-electron chi connectivity index (χ3n) is 7.24. The summed E-state index contributed by atoms with van der Waals surface area (Å²) in [6.45, 7) is 10.2. The molecule has 4 fully saturated rings. The van der Waals surface area contributed by atoms with Gasteiger partial charge >= 0.3 is 6.03 Å². The van der Waals surface area contributed by atoms with Crippen LogP contribution >= 0.6 is 0 Å². The van der Waals surface area contributed by atoms with Crippen LogP contribution in [0.5, 0.6) is 5.75 Å². The van der Waals surface area contributed by atoms with Crippen LogP contribution in [0.4, 0.5) is 10.5 Å². The summed E-state index contributed by atoms with van der Waals surface area (Å²) in [6, 6.07) is 8.50. The Morgan fingerprint density at radius 3 is 2.30 bits per heavy atom. The van der Waals surface area contributed by atoms with Crippen molar-refractivity contribution in [3.05, 3.63) is 24.3 Å². The van der Waals surface area contributed by atoms with Gasteiger partial charge in [0.25, 0.3) is 0 Å². The van der Waals surface area contributed by atoms with Crippen molar-refractivity contribution in [2.45, 2.75) is 26.8 Å². The molecule has 0 saturated carbocycles. The lowest BCUT2D eigenvalue weighted by molar-refractivity contribution is 0.152. The van der Waals surface area contributed by atoms with E-state index in [9.17, 15) is 13.2 Å². The predicted octanol–water partition coefficient (Wildman–Crippen LogP) is 2.33. The first-order chi connectivity index (χ1) is 14.3. The first-order valence-electron chi connectivity index (χ1n) is 11.0. The van der Waals surface area contributed by atoms with Crippen molar-refractivity contribution in [3.8, 4) is 5.75 Å². The van der Waals surface area contributed by atoms with E-state index >= 15 is 0 Å². The van der Waals surface area contributed by atoms with Gasteiger partial charge < -0.3 is 19.4 Å². The van der Waals surface area contributed by atoms with Crippen LogP contribution in [-0.2, 0) is 9.84 Å². The van der Waals surface area contributed by atoms with Crippen LogP contribution in [0.15, 0.2) is 24.3 Å². The minimum atomic E-state index is -3.00. The number of nitrogens with zero attached hydrogens (tertiary/aromatic N) is 3. The third-order valence-corrected chi connectivity index (χ3v) is 8.85. The van der Waals surface area contributed by atoms with Crippen LogP contribution in [0.25, 0.3) is 0 Å². The minimum absolute atomic E-state index is 0.00487. The molecule has 0 radical (unpaired) electrons. The Labute approximate surface area is 179 Å². The van der Waals surface area contributed by atoms with E-state index in [4.69, 9.17) is 4.74 Å². The lowest BCUT2D eigenvalue weighted by Crippen LogP contribution is -2.53. The number of carbonyl (C=O) groups excluding carboxylic acids is 1. The number of amides is 2. The zero-order chi connectivity index (χ0) is 21.5. The zero-order valence-electron chi connectivity index (χ0n) is 18.2. The molecule has 1 aromatic rings. The van der Waals surface area contributed by atoms with Crippen LogP contribution < -0.4 is 9.64 Å². The van der Waals surface area contributed by atoms with Gasteiger partial charge in [-0.3, -0.25) is 0 Å². The molecule has 2 amide bonds. The highest BCUT2D eigenvalue weighted by molar-refractivity contribution is 7.91. The third kappa shape index (κ3) is 4.11. The monoisotopic (exact) mass is 435 g/mol. The van der Waals surface area contributed by atoms with Gasteiger partial charge in [-0.1, -0.05) is 13.8 Å². The van der Waals surface area contributed by atoms with Gasteiger partial charge in [-0.05, 0) is 48.9 Å². The van der Waals surface area contributed by atoms with Crippen LogP contribution in [-0.4, -0.2) is 81.1 Å². The molecular formula is C22H33N3O4S. The molecule has 2 bridgehead atoms. The lowest BCUT2D eigenvalue weighted by atomic mass is 9.76. The van der Waals surface area contributed by atoms with Crippen molar-refractivity contribution < 1.29 is 17.9 Å². The number of urea groups is 1. The molecule has 4 saturated heterocycles. The summed E-state index contributed by atoms with van der Waals surface area (Å²) in [7, 11) is -3.00. The number of ether oxygens (including phenoxy) is 1. The van der Waals surface area contributed by atoms with Crippen molar-refractivity contribution in [1.82, 2.24) is 9.80 Å². The molecule has 0 aliphatic carbocycles. The number of anilines is 1.